The van der Waals surface area contributed by atoms with Crippen molar-refractivity contribution in [2.45, 2.75) is 59.5 Å². The Hall–Kier alpha value is -0.0400. The summed E-state index contributed by atoms with van der Waals surface area (Å²) in [5.74, 6) is 0.894. The summed E-state index contributed by atoms with van der Waals surface area (Å²) >= 11 is 0. The highest BCUT2D eigenvalue weighted by atomic mass is 15.2. The second kappa shape index (κ2) is 5.58. The predicted octanol–water partition coefficient (Wildman–Crippen LogP) is 3.15. The molecule has 3 atom stereocenters. The van der Waals surface area contributed by atoms with E-state index < -0.39 is 0 Å². The molecule has 1 rings (SSSR count). The predicted molar refractivity (Wildman–Crippen MR) is 56.4 cm³/mol. The van der Waals surface area contributed by atoms with Crippen molar-refractivity contribution < 1.29 is 0 Å². The maximum absolute atomic E-state index is 2.46. The molecule has 0 aromatic heterocycles. The third kappa shape index (κ3) is 3.14. The van der Waals surface area contributed by atoms with Crippen LogP contribution in [0.15, 0.2) is 0 Å². The lowest BCUT2D eigenvalue weighted by Gasteiger charge is -2.20. The lowest BCUT2D eigenvalue weighted by atomic mass is 10.0. The van der Waals surface area contributed by atoms with Gasteiger partial charge in [-0.05, 0) is 33.2 Å². The summed E-state index contributed by atoms with van der Waals surface area (Å²) in [5.41, 5.74) is 0. The van der Waals surface area contributed by atoms with E-state index in [1.165, 1.54) is 12.8 Å². The molecular weight excluding hydrogens is 146 g/mol. The summed E-state index contributed by atoms with van der Waals surface area (Å²) in [6.07, 6.45) is 2.62. The standard InChI is InChI=1S/C8H17N.C3H8/c1-6-5-7(2)9(4)8(6)3;1-3-2/h6-8H,5H2,1-4H3;3H2,1-2H3/t6?,7-,8?;/m1./s1. The van der Waals surface area contributed by atoms with Crippen molar-refractivity contribution in [3.63, 3.8) is 0 Å². The Bertz CT molecular complexity index is 99.6. The average Bonchev–Trinajstić information content (AvgIpc) is 2.20. The van der Waals surface area contributed by atoms with Crippen LogP contribution < -0.4 is 0 Å². The van der Waals surface area contributed by atoms with E-state index in [4.69, 9.17) is 0 Å². The van der Waals surface area contributed by atoms with E-state index in [2.05, 4.69) is 46.6 Å². The van der Waals surface area contributed by atoms with E-state index in [0.29, 0.717) is 0 Å². The van der Waals surface area contributed by atoms with Gasteiger partial charge in [-0.1, -0.05) is 27.2 Å². The van der Waals surface area contributed by atoms with E-state index in [-0.39, 0.29) is 0 Å². The first-order valence-electron chi connectivity index (χ1n) is 5.26. The van der Waals surface area contributed by atoms with Crippen molar-refractivity contribution in [1.29, 1.82) is 0 Å². The Kier molecular flexibility index (Phi) is 5.56. The third-order valence-electron chi connectivity index (χ3n) is 2.87. The smallest absolute Gasteiger partial charge is 0.00929 e. The van der Waals surface area contributed by atoms with Crippen LogP contribution in [-0.2, 0) is 0 Å². The summed E-state index contributed by atoms with van der Waals surface area (Å²) in [6.45, 7) is 11.2. The molecule has 12 heavy (non-hydrogen) atoms. The maximum Gasteiger partial charge on any atom is 0.00929 e. The van der Waals surface area contributed by atoms with Crippen LogP contribution in [0.2, 0.25) is 0 Å². The summed E-state index contributed by atoms with van der Waals surface area (Å²) in [5, 5.41) is 0. The van der Waals surface area contributed by atoms with Crippen LogP contribution in [0.1, 0.15) is 47.5 Å². The minimum atomic E-state index is 0.792. The van der Waals surface area contributed by atoms with Crippen molar-refractivity contribution >= 4 is 0 Å². The zero-order chi connectivity index (χ0) is 9.72. The summed E-state index contributed by atoms with van der Waals surface area (Å²) < 4.78 is 0. The van der Waals surface area contributed by atoms with Gasteiger partial charge in [-0.15, -0.1) is 0 Å². The molecular formula is C11H25N. The van der Waals surface area contributed by atoms with E-state index in [0.717, 1.165) is 18.0 Å². The Morgan fingerprint density at radius 1 is 1.17 bits per heavy atom. The fourth-order valence-electron chi connectivity index (χ4n) is 1.70. The van der Waals surface area contributed by atoms with Gasteiger partial charge in [-0.3, -0.25) is 0 Å². The van der Waals surface area contributed by atoms with Crippen molar-refractivity contribution in [3.05, 3.63) is 0 Å². The first kappa shape index (κ1) is 12.0. The van der Waals surface area contributed by atoms with Gasteiger partial charge < -0.3 is 4.90 Å². The first-order valence-corrected chi connectivity index (χ1v) is 5.26. The Morgan fingerprint density at radius 3 is 1.67 bits per heavy atom. The molecule has 1 fully saturated rings. The van der Waals surface area contributed by atoms with Crippen LogP contribution in [0.3, 0.4) is 0 Å². The van der Waals surface area contributed by atoms with E-state index >= 15 is 0 Å². The zero-order valence-corrected chi connectivity index (χ0v) is 9.59. The van der Waals surface area contributed by atoms with Crippen LogP contribution >= 0.6 is 0 Å². The lowest BCUT2D eigenvalue weighted by Crippen LogP contribution is -2.29. The number of nitrogens with zero attached hydrogens (tertiary/aromatic N) is 1. The monoisotopic (exact) mass is 171 g/mol. The highest BCUT2D eigenvalue weighted by Crippen LogP contribution is 2.26. The van der Waals surface area contributed by atoms with Gasteiger partial charge in [0.2, 0.25) is 0 Å². The third-order valence-corrected chi connectivity index (χ3v) is 2.87. The summed E-state index contributed by atoms with van der Waals surface area (Å²) in [4.78, 5) is 2.46. The van der Waals surface area contributed by atoms with Crippen molar-refractivity contribution in [2.24, 2.45) is 5.92 Å². The molecule has 0 aliphatic carbocycles. The molecule has 0 spiro atoms. The van der Waals surface area contributed by atoms with Crippen LogP contribution in [0.5, 0.6) is 0 Å². The van der Waals surface area contributed by atoms with E-state index in [9.17, 15) is 0 Å². The van der Waals surface area contributed by atoms with Gasteiger partial charge in [0.25, 0.3) is 0 Å². The molecule has 0 aromatic carbocycles. The van der Waals surface area contributed by atoms with Crippen molar-refractivity contribution in [2.75, 3.05) is 7.05 Å². The fraction of sp³-hybridized carbons (Fsp3) is 1.00. The van der Waals surface area contributed by atoms with Crippen molar-refractivity contribution in [1.82, 2.24) is 4.90 Å². The van der Waals surface area contributed by atoms with Gasteiger partial charge in [0.05, 0.1) is 0 Å². The minimum absolute atomic E-state index is 0.792. The Labute approximate surface area is 78.1 Å². The van der Waals surface area contributed by atoms with Gasteiger partial charge in [0.15, 0.2) is 0 Å². The second-order valence-electron chi connectivity index (χ2n) is 4.18. The van der Waals surface area contributed by atoms with Crippen LogP contribution in [0.4, 0.5) is 0 Å². The normalized spacial score (nSPS) is 36.0. The summed E-state index contributed by atoms with van der Waals surface area (Å²) in [6, 6.07) is 1.59. The molecule has 1 aliphatic rings. The molecule has 0 radical (unpaired) electrons. The Balaban J connectivity index is 0.000000354. The highest BCUT2D eigenvalue weighted by Gasteiger charge is 2.29. The second-order valence-corrected chi connectivity index (χ2v) is 4.18. The molecule has 1 aliphatic heterocycles. The molecule has 0 saturated carbocycles. The minimum Gasteiger partial charge on any atom is -0.301 e. The van der Waals surface area contributed by atoms with Crippen molar-refractivity contribution in [3.8, 4) is 0 Å². The van der Waals surface area contributed by atoms with Gasteiger partial charge in [0, 0.05) is 12.1 Å². The molecule has 74 valence electrons. The van der Waals surface area contributed by atoms with Gasteiger partial charge >= 0.3 is 0 Å². The fourth-order valence-corrected chi connectivity index (χ4v) is 1.70. The molecule has 0 amide bonds. The largest absolute Gasteiger partial charge is 0.301 e. The zero-order valence-electron chi connectivity index (χ0n) is 9.59. The van der Waals surface area contributed by atoms with Gasteiger partial charge in [-0.2, -0.15) is 0 Å². The molecule has 1 heterocycles. The van der Waals surface area contributed by atoms with E-state index in [1.807, 2.05) is 0 Å². The van der Waals surface area contributed by atoms with Gasteiger partial charge in [0.1, 0.15) is 0 Å². The first-order chi connectivity index (χ1) is 5.54. The van der Waals surface area contributed by atoms with Crippen LogP contribution in [0, 0.1) is 5.92 Å². The topological polar surface area (TPSA) is 3.24 Å². The SMILES string of the molecule is CC1C[C@@H](C)N(C)C1C.CCC. The molecule has 1 nitrogen and oxygen atoms in total. The number of likely N-dealkylation sites (tertiary alicyclic amines) is 1. The van der Waals surface area contributed by atoms with E-state index in [1.54, 1.807) is 0 Å². The highest BCUT2D eigenvalue weighted by molar-refractivity contribution is 4.84. The number of rotatable bonds is 0. The number of hydrogen-bond donors (Lipinski definition) is 0. The van der Waals surface area contributed by atoms with Crippen LogP contribution in [0.25, 0.3) is 0 Å². The maximum atomic E-state index is 2.46. The average molecular weight is 171 g/mol. The molecule has 1 heteroatoms. The Morgan fingerprint density at radius 2 is 1.58 bits per heavy atom. The molecule has 0 N–H and O–H groups in total. The quantitative estimate of drug-likeness (QED) is 0.541. The molecule has 0 bridgehead atoms. The number of hydrogen-bond acceptors (Lipinski definition) is 1. The lowest BCUT2D eigenvalue weighted by molar-refractivity contribution is 0.253. The molecule has 1 saturated heterocycles. The molecule has 0 aromatic rings. The summed E-state index contributed by atoms with van der Waals surface area (Å²) in [7, 11) is 2.22. The van der Waals surface area contributed by atoms with Crippen LogP contribution in [-0.4, -0.2) is 24.0 Å². The molecule has 2 unspecified atom stereocenters. The van der Waals surface area contributed by atoms with Gasteiger partial charge in [-0.25, -0.2) is 0 Å².